The smallest absolute Gasteiger partial charge is 0.306 e. The maximum Gasteiger partial charge on any atom is 0.306 e. The fraction of sp³-hybridized carbons (Fsp3) is 0.308. The van der Waals surface area contributed by atoms with Gasteiger partial charge in [-0.05, 0) is 24.3 Å². The van der Waals surface area contributed by atoms with Crippen LogP contribution in [0.25, 0.3) is 0 Å². The number of amides is 2. The molecule has 0 heterocycles. The van der Waals surface area contributed by atoms with E-state index in [0.29, 0.717) is 5.69 Å². The van der Waals surface area contributed by atoms with E-state index in [9.17, 15) is 18.8 Å². The van der Waals surface area contributed by atoms with E-state index in [2.05, 4.69) is 15.4 Å². The van der Waals surface area contributed by atoms with Crippen LogP contribution in [-0.2, 0) is 19.1 Å². The minimum absolute atomic E-state index is 0.179. The molecule has 0 radical (unpaired) electrons. The third-order valence-electron chi connectivity index (χ3n) is 2.23. The van der Waals surface area contributed by atoms with Gasteiger partial charge >= 0.3 is 5.97 Å². The Hall–Kier alpha value is -2.44. The molecule has 0 saturated carbocycles. The Balaban J connectivity index is 2.27. The van der Waals surface area contributed by atoms with Crippen LogP contribution in [0.1, 0.15) is 13.3 Å². The second-order valence-corrected chi connectivity index (χ2v) is 3.85. The third kappa shape index (κ3) is 5.94. The van der Waals surface area contributed by atoms with Crippen LogP contribution >= 0.6 is 0 Å². The van der Waals surface area contributed by atoms with Crippen LogP contribution in [0.15, 0.2) is 24.3 Å². The number of rotatable bonds is 6. The second-order valence-electron chi connectivity index (χ2n) is 3.85. The molecule has 20 heavy (non-hydrogen) atoms. The molecule has 0 aliphatic rings. The molecule has 0 unspecified atom stereocenters. The van der Waals surface area contributed by atoms with E-state index < -0.39 is 30.2 Å². The van der Waals surface area contributed by atoms with Crippen molar-refractivity contribution in [3.05, 3.63) is 30.1 Å². The van der Waals surface area contributed by atoms with Crippen molar-refractivity contribution >= 4 is 23.5 Å². The molecule has 0 atom stereocenters. The SMILES string of the molecule is CCC(=O)OCC(=O)NCC(=O)Nc1ccc(F)cc1. The molecule has 0 aromatic heterocycles. The summed E-state index contributed by atoms with van der Waals surface area (Å²) in [4.78, 5) is 33.5. The fourth-order valence-corrected chi connectivity index (χ4v) is 1.22. The maximum absolute atomic E-state index is 12.6. The van der Waals surface area contributed by atoms with Crippen molar-refractivity contribution in [2.24, 2.45) is 0 Å². The first-order chi connectivity index (χ1) is 9.51. The largest absolute Gasteiger partial charge is 0.456 e. The standard InChI is InChI=1S/C13H15FN2O4/c1-2-13(19)20-8-12(18)15-7-11(17)16-10-5-3-9(14)4-6-10/h3-6H,2,7-8H2,1H3,(H,15,18)(H,16,17). The Labute approximate surface area is 115 Å². The first-order valence-corrected chi connectivity index (χ1v) is 5.99. The summed E-state index contributed by atoms with van der Waals surface area (Å²) in [6.45, 7) is 0.923. The lowest BCUT2D eigenvalue weighted by molar-refractivity contribution is -0.148. The summed E-state index contributed by atoms with van der Waals surface area (Å²) in [5.74, 6) is -1.93. The molecule has 0 saturated heterocycles. The molecule has 0 aliphatic carbocycles. The Morgan fingerprint density at radius 3 is 2.40 bits per heavy atom. The van der Waals surface area contributed by atoms with Gasteiger partial charge in [0.2, 0.25) is 5.91 Å². The zero-order valence-electron chi connectivity index (χ0n) is 10.9. The van der Waals surface area contributed by atoms with E-state index >= 15 is 0 Å². The molecular formula is C13H15FN2O4. The van der Waals surface area contributed by atoms with Crippen LogP contribution in [0, 0.1) is 5.82 Å². The number of hydrogen-bond acceptors (Lipinski definition) is 4. The molecule has 0 spiro atoms. The zero-order valence-corrected chi connectivity index (χ0v) is 10.9. The monoisotopic (exact) mass is 282 g/mol. The molecule has 2 N–H and O–H groups in total. The lowest BCUT2D eigenvalue weighted by Gasteiger charge is -2.07. The van der Waals surface area contributed by atoms with Gasteiger partial charge in [-0.25, -0.2) is 4.39 Å². The highest BCUT2D eigenvalue weighted by molar-refractivity contribution is 5.94. The molecular weight excluding hydrogens is 267 g/mol. The molecule has 1 aromatic rings. The number of anilines is 1. The predicted molar refractivity (Wildman–Crippen MR) is 69.3 cm³/mol. The Morgan fingerprint density at radius 1 is 1.15 bits per heavy atom. The van der Waals surface area contributed by atoms with Gasteiger partial charge in [0.25, 0.3) is 5.91 Å². The quantitative estimate of drug-likeness (QED) is 0.757. The van der Waals surface area contributed by atoms with Crippen molar-refractivity contribution in [1.82, 2.24) is 5.32 Å². The topological polar surface area (TPSA) is 84.5 Å². The summed E-state index contributed by atoms with van der Waals surface area (Å²) in [5.41, 5.74) is 0.419. The molecule has 2 amide bonds. The lowest BCUT2D eigenvalue weighted by Crippen LogP contribution is -2.35. The van der Waals surface area contributed by atoms with Gasteiger partial charge in [-0.2, -0.15) is 0 Å². The molecule has 108 valence electrons. The average molecular weight is 282 g/mol. The number of ether oxygens (including phenoxy) is 1. The van der Waals surface area contributed by atoms with E-state index in [4.69, 9.17) is 0 Å². The van der Waals surface area contributed by atoms with Gasteiger partial charge in [0.05, 0.1) is 6.54 Å². The molecule has 0 bridgehead atoms. The Morgan fingerprint density at radius 2 is 1.80 bits per heavy atom. The van der Waals surface area contributed by atoms with Crippen molar-refractivity contribution in [2.75, 3.05) is 18.5 Å². The van der Waals surface area contributed by atoms with Crippen LogP contribution in [0.4, 0.5) is 10.1 Å². The zero-order chi connectivity index (χ0) is 15.0. The van der Waals surface area contributed by atoms with Crippen molar-refractivity contribution in [2.45, 2.75) is 13.3 Å². The fourth-order valence-electron chi connectivity index (χ4n) is 1.22. The van der Waals surface area contributed by atoms with Crippen molar-refractivity contribution in [1.29, 1.82) is 0 Å². The van der Waals surface area contributed by atoms with Gasteiger partial charge in [0.1, 0.15) is 5.82 Å². The third-order valence-corrected chi connectivity index (χ3v) is 2.23. The number of nitrogens with one attached hydrogen (secondary N) is 2. The van der Waals surface area contributed by atoms with Gasteiger partial charge in [-0.1, -0.05) is 6.92 Å². The van der Waals surface area contributed by atoms with E-state index in [1.54, 1.807) is 6.92 Å². The second kappa shape index (κ2) is 7.88. The number of halogens is 1. The predicted octanol–water partition coefficient (Wildman–Crippen LogP) is 0.834. The highest BCUT2D eigenvalue weighted by atomic mass is 19.1. The first-order valence-electron chi connectivity index (χ1n) is 5.99. The molecule has 7 heteroatoms. The Kier molecular flexibility index (Phi) is 6.15. The van der Waals surface area contributed by atoms with Gasteiger partial charge in [0.15, 0.2) is 6.61 Å². The summed E-state index contributed by atoms with van der Waals surface area (Å²) >= 11 is 0. The van der Waals surface area contributed by atoms with E-state index in [0.717, 1.165) is 0 Å². The van der Waals surface area contributed by atoms with Gasteiger partial charge in [-0.3, -0.25) is 14.4 Å². The van der Waals surface area contributed by atoms with Gasteiger partial charge in [0, 0.05) is 12.1 Å². The van der Waals surface area contributed by atoms with Crippen LogP contribution in [0.5, 0.6) is 0 Å². The number of carbonyl (C=O) groups excluding carboxylic acids is 3. The summed E-state index contributed by atoms with van der Waals surface area (Å²) in [5, 5.41) is 4.76. The summed E-state index contributed by atoms with van der Waals surface area (Å²) in [6, 6.07) is 5.22. The molecule has 0 fully saturated rings. The van der Waals surface area contributed by atoms with Crippen LogP contribution in [0.3, 0.4) is 0 Å². The average Bonchev–Trinajstić information content (AvgIpc) is 2.45. The van der Waals surface area contributed by atoms with Crippen LogP contribution < -0.4 is 10.6 Å². The molecule has 0 aliphatic heterocycles. The van der Waals surface area contributed by atoms with Crippen molar-refractivity contribution in [3.8, 4) is 0 Å². The van der Waals surface area contributed by atoms with Crippen LogP contribution in [0.2, 0.25) is 0 Å². The van der Waals surface area contributed by atoms with Crippen molar-refractivity contribution in [3.63, 3.8) is 0 Å². The number of benzene rings is 1. The Bertz CT molecular complexity index is 488. The number of esters is 1. The minimum atomic E-state index is -0.568. The molecule has 1 aromatic carbocycles. The normalized spacial score (nSPS) is 9.70. The number of hydrogen-bond donors (Lipinski definition) is 2. The van der Waals surface area contributed by atoms with E-state index in [-0.39, 0.29) is 13.0 Å². The molecule has 1 rings (SSSR count). The minimum Gasteiger partial charge on any atom is -0.456 e. The van der Waals surface area contributed by atoms with Crippen LogP contribution in [-0.4, -0.2) is 30.9 Å². The van der Waals surface area contributed by atoms with Gasteiger partial charge < -0.3 is 15.4 Å². The number of carbonyl (C=O) groups is 3. The van der Waals surface area contributed by atoms with Gasteiger partial charge in [-0.15, -0.1) is 0 Å². The lowest BCUT2D eigenvalue weighted by atomic mass is 10.3. The summed E-state index contributed by atoms with van der Waals surface area (Å²) in [7, 11) is 0. The highest BCUT2D eigenvalue weighted by Gasteiger charge is 2.08. The summed E-state index contributed by atoms with van der Waals surface area (Å²) in [6.07, 6.45) is 0.179. The highest BCUT2D eigenvalue weighted by Crippen LogP contribution is 2.07. The summed E-state index contributed by atoms with van der Waals surface area (Å²) < 4.78 is 17.2. The van der Waals surface area contributed by atoms with E-state index in [1.807, 2.05) is 0 Å². The van der Waals surface area contributed by atoms with Crippen molar-refractivity contribution < 1.29 is 23.5 Å². The molecule has 6 nitrogen and oxygen atoms in total. The maximum atomic E-state index is 12.6. The van der Waals surface area contributed by atoms with E-state index in [1.165, 1.54) is 24.3 Å². The first kappa shape index (κ1) is 15.6.